The lowest BCUT2D eigenvalue weighted by molar-refractivity contribution is 0.509. The van der Waals surface area contributed by atoms with E-state index in [9.17, 15) is 9.79 Å². The maximum absolute atomic E-state index is 10.3. The van der Waals surface area contributed by atoms with Crippen LogP contribution in [0.5, 0.6) is 0 Å². The Morgan fingerprint density at radius 3 is 1.42 bits per heavy atom. The lowest BCUT2D eigenvalue weighted by Gasteiger charge is -2.09. The van der Waals surface area contributed by atoms with Crippen LogP contribution in [0.4, 0.5) is 0 Å². The van der Waals surface area contributed by atoms with Crippen LogP contribution in [0.3, 0.4) is 0 Å². The van der Waals surface area contributed by atoms with Crippen LogP contribution in [-0.2, 0) is 10.1 Å². The van der Waals surface area contributed by atoms with Gasteiger partial charge >= 0.3 is 7.15 Å². The number of benzene rings is 4. The first-order valence-corrected chi connectivity index (χ1v) is 10.7. The summed E-state index contributed by atoms with van der Waals surface area (Å²) < 4.78 is 0. The third-order valence-electron chi connectivity index (χ3n) is 4.08. The van der Waals surface area contributed by atoms with Gasteiger partial charge in [0.25, 0.3) is 0 Å². The molecule has 4 aromatic carbocycles. The zero-order chi connectivity index (χ0) is 16.5. The number of hydrogen-bond donors (Lipinski definition) is 2. The summed E-state index contributed by atoms with van der Waals surface area (Å²) in [4.78, 5) is 22.5. The molecule has 0 radical (unpaired) electrons. The van der Waals surface area contributed by atoms with Crippen molar-refractivity contribution in [2.24, 2.45) is 0 Å². The molecule has 4 aromatic rings. The zero-order valence-corrected chi connectivity index (χ0v) is 14.5. The predicted molar refractivity (Wildman–Crippen MR) is 103 cm³/mol. The van der Waals surface area contributed by atoms with Crippen LogP contribution in [0.25, 0.3) is 21.5 Å². The van der Waals surface area contributed by atoms with Crippen LogP contribution in [0, 0.1) is 0 Å². The summed E-state index contributed by atoms with van der Waals surface area (Å²) in [7, 11) is -2.91. The molecule has 0 atom stereocenters. The monoisotopic (exact) mass is 351 g/mol. The molecule has 0 heterocycles. The van der Waals surface area contributed by atoms with Crippen molar-refractivity contribution in [3.63, 3.8) is 0 Å². The summed E-state index contributed by atoms with van der Waals surface area (Å²) in [6.07, 6.45) is 0. The molecule has 0 saturated carbocycles. The van der Waals surface area contributed by atoms with Crippen molar-refractivity contribution in [3.8, 4) is 0 Å². The van der Waals surface area contributed by atoms with Crippen molar-refractivity contribution in [1.82, 2.24) is 0 Å². The maximum atomic E-state index is 10.3. The Morgan fingerprint density at radius 1 is 0.542 bits per heavy atom. The lowest BCUT2D eigenvalue weighted by Crippen LogP contribution is -1.95. The van der Waals surface area contributed by atoms with Gasteiger partial charge in [0, 0.05) is 0 Å². The fourth-order valence-electron chi connectivity index (χ4n) is 3.02. The van der Waals surface area contributed by atoms with Crippen molar-refractivity contribution in [3.05, 3.63) is 84.9 Å². The normalized spacial score (nSPS) is 11.3. The van der Waals surface area contributed by atoms with Gasteiger partial charge in [-0.2, -0.15) is 9.79 Å². The van der Waals surface area contributed by atoms with Gasteiger partial charge in [0.05, 0.1) is 9.79 Å². The molecule has 0 aliphatic heterocycles. The minimum atomic E-state index is -2.14. The molecule has 4 rings (SSSR count). The third kappa shape index (κ3) is 2.66. The van der Waals surface area contributed by atoms with E-state index >= 15 is 0 Å². The summed E-state index contributed by atoms with van der Waals surface area (Å²) in [5.74, 6) is 0. The maximum Gasteiger partial charge on any atom is 0.468 e. The molecule has 0 bridgehead atoms. The van der Waals surface area contributed by atoms with Crippen LogP contribution in [0.15, 0.2) is 94.7 Å². The van der Waals surface area contributed by atoms with E-state index in [-0.39, 0.29) is 0 Å². The van der Waals surface area contributed by atoms with Gasteiger partial charge in [-0.25, -0.2) is 0 Å². The fourth-order valence-corrected chi connectivity index (χ4v) is 6.83. The van der Waals surface area contributed by atoms with Crippen molar-refractivity contribution >= 4 is 38.8 Å². The minimum absolute atomic E-state index is 0.776. The number of rotatable bonds is 2. The van der Waals surface area contributed by atoms with Gasteiger partial charge in [-0.1, -0.05) is 72.8 Å². The quantitative estimate of drug-likeness (QED) is 0.485. The molecule has 0 aliphatic rings. The second-order valence-electron chi connectivity index (χ2n) is 5.49. The summed E-state index contributed by atoms with van der Waals surface area (Å²) in [5, 5.41) is 4.38. The van der Waals surface area contributed by atoms with E-state index in [0.717, 1.165) is 31.3 Å². The molecule has 0 amide bonds. The molecule has 0 saturated heterocycles. The van der Waals surface area contributed by atoms with Crippen LogP contribution in [0.2, 0.25) is 0 Å². The van der Waals surface area contributed by atoms with E-state index in [2.05, 4.69) is 36.4 Å². The smallest absolute Gasteiger partial charge is 0.161 e. The average molecular weight is 351 g/mol. The van der Waals surface area contributed by atoms with E-state index < -0.39 is 17.2 Å². The molecule has 0 unspecified atom stereocenters. The van der Waals surface area contributed by atoms with Gasteiger partial charge in [-0.3, -0.25) is 0 Å². The molecule has 0 spiro atoms. The SMILES string of the molecule is O[P+](O)=S(c1cccc2ccccc12)c1cccc2ccccc12. The van der Waals surface area contributed by atoms with Crippen LogP contribution < -0.4 is 0 Å². The highest BCUT2D eigenvalue weighted by Gasteiger charge is 2.22. The Hall–Kier alpha value is -2.03. The first kappa shape index (κ1) is 15.5. The molecule has 118 valence electrons. The Bertz CT molecular complexity index is 993. The van der Waals surface area contributed by atoms with Crippen molar-refractivity contribution in [2.75, 3.05) is 0 Å². The summed E-state index contributed by atoms with van der Waals surface area (Å²) >= 11 is 0. The Balaban J connectivity index is 2.07. The van der Waals surface area contributed by atoms with Gasteiger partial charge < -0.3 is 0 Å². The van der Waals surface area contributed by atoms with Crippen LogP contribution in [0.1, 0.15) is 0 Å². The lowest BCUT2D eigenvalue weighted by atomic mass is 10.1. The molecular formula is C20H16O2PS+. The topological polar surface area (TPSA) is 40.5 Å². The van der Waals surface area contributed by atoms with Gasteiger partial charge in [0.1, 0.15) is 10.1 Å². The molecule has 0 aliphatic carbocycles. The van der Waals surface area contributed by atoms with Gasteiger partial charge in [0.15, 0.2) is 0 Å². The van der Waals surface area contributed by atoms with Crippen molar-refractivity contribution in [2.45, 2.75) is 9.79 Å². The Kier molecular flexibility index (Phi) is 4.17. The Morgan fingerprint density at radius 2 is 0.958 bits per heavy atom. The highest BCUT2D eigenvalue weighted by molar-refractivity contribution is 8.23. The summed E-state index contributed by atoms with van der Waals surface area (Å²) in [6.45, 7) is 0. The first-order valence-electron chi connectivity index (χ1n) is 7.63. The molecule has 0 aromatic heterocycles. The number of hydrogen-bond acceptors (Lipinski definition) is 0. The first-order chi connectivity index (χ1) is 11.8. The second-order valence-corrected chi connectivity index (χ2v) is 9.52. The molecule has 2 nitrogen and oxygen atoms in total. The van der Waals surface area contributed by atoms with Crippen LogP contribution in [-0.4, -0.2) is 9.79 Å². The van der Waals surface area contributed by atoms with E-state index in [0.29, 0.717) is 0 Å². The highest BCUT2D eigenvalue weighted by atomic mass is 32.5. The highest BCUT2D eigenvalue weighted by Crippen LogP contribution is 2.37. The van der Waals surface area contributed by atoms with Crippen LogP contribution >= 0.6 is 7.15 Å². The van der Waals surface area contributed by atoms with Crippen molar-refractivity contribution < 1.29 is 9.79 Å². The number of fused-ring (bicyclic) bond motifs is 2. The molecule has 4 heteroatoms. The predicted octanol–water partition coefficient (Wildman–Crippen LogP) is 5.24. The fraction of sp³-hybridized carbons (Fsp3) is 0. The van der Waals surface area contributed by atoms with E-state index in [4.69, 9.17) is 0 Å². The van der Waals surface area contributed by atoms with Gasteiger partial charge in [-0.15, -0.1) is 0 Å². The summed E-state index contributed by atoms with van der Waals surface area (Å²) in [6, 6.07) is 28.3. The molecular weight excluding hydrogens is 335 g/mol. The zero-order valence-electron chi connectivity index (χ0n) is 12.8. The van der Waals surface area contributed by atoms with Gasteiger partial charge in [0.2, 0.25) is 0 Å². The molecule has 2 N–H and O–H groups in total. The standard InChI is InChI=1S/C20H16O2PS/c21-23(22)24(19-13-5-9-15-7-1-3-11-17(15)19)20-14-6-10-16-8-2-4-12-18(16)20/h1-14,21-22H/q+1. The van der Waals surface area contributed by atoms with E-state index in [1.165, 1.54) is 0 Å². The largest absolute Gasteiger partial charge is 0.468 e. The van der Waals surface area contributed by atoms with E-state index in [1.807, 2.05) is 48.5 Å². The van der Waals surface area contributed by atoms with Crippen molar-refractivity contribution in [1.29, 1.82) is 0 Å². The molecule has 0 fully saturated rings. The minimum Gasteiger partial charge on any atom is -0.161 e. The van der Waals surface area contributed by atoms with Gasteiger partial charge in [-0.05, 0) is 33.7 Å². The Labute approximate surface area is 143 Å². The summed E-state index contributed by atoms with van der Waals surface area (Å²) in [5.41, 5.74) is 0. The third-order valence-corrected chi connectivity index (χ3v) is 8.11. The second kappa shape index (κ2) is 6.46. The van der Waals surface area contributed by atoms with E-state index in [1.54, 1.807) is 0 Å². The molecule has 24 heavy (non-hydrogen) atoms. The average Bonchev–Trinajstić information content (AvgIpc) is 2.62.